The summed E-state index contributed by atoms with van der Waals surface area (Å²) in [5.41, 5.74) is 7.46. The smallest absolute Gasteiger partial charge is 0.213 e. The molecule has 0 amide bonds. The molecule has 3 aromatic heterocycles. The van der Waals surface area contributed by atoms with Crippen LogP contribution in [-0.4, -0.2) is 9.13 Å². The lowest BCUT2D eigenvalue weighted by atomic mass is 10.0. The SMILES string of the molecule is c1ccc(-n2c3ccccc3c3c4ccc5c6ccc7ccccc7c6n(-c6ccccc6)c5c4oc32)cc1. The number of aromatic nitrogens is 2. The maximum Gasteiger partial charge on any atom is 0.213 e. The van der Waals surface area contributed by atoms with E-state index in [1.165, 1.54) is 32.4 Å². The Balaban J connectivity index is 1.54. The Labute approximate surface area is 223 Å². The standard InChI is InChI=1S/C36H22N2O/c1-3-12-24(13-4-1)37-31-18-10-9-17-29(31)32-30-22-21-28-27-20-19-23-11-7-8-16-26(23)33(27)38(25-14-5-2-6-15-25)34(28)35(30)39-36(32)37/h1-22H. The summed E-state index contributed by atoms with van der Waals surface area (Å²) < 4.78 is 11.6. The van der Waals surface area contributed by atoms with Gasteiger partial charge in [0.15, 0.2) is 5.58 Å². The van der Waals surface area contributed by atoms with Crippen molar-refractivity contribution in [2.75, 3.05) is 0 Å². The molecule has 3 heterocycles. The van der Waals surface area contributed by atoms with Crippen molar-refractivity contribution in [3.63, 3.8) is 0 Å². The summed E-state index contributed by atoms with van der Waals surface area (Å²) in [6, 6.07) is 47.4. The van der Waals surface area contributed by atoms with Gasteiger partial charge in [-0.3, -0.25) is 4.57 Å². The molecule has 0 aliphatic heterocycles. The van der Waals surface area contributed by atoms with E-state index in [1.807, 2.05) is 0 Å². The molecule has 0 unspecified atom stereocenters. The average molecular weight is 499 g/mol. The molecule has 3 nitrogen and oxygen atoms in total. The van der Waals surface area contributed by atoms with Gasteiger partial charge in [0.1, 0.15) is 0 Å². The van der Waals surface area contributed by atoms with Crippen molar-refractivity contribution >= 4 is 65.6 Å². The minimum atomic E-state index is 0.875. The molecule has 3 heteroatoms. The van der Waals surface area contributed by atoms with Gasteiger partial charge in [-0.2, -0.15) is 0 Å². The van der Waals surface area contributed by atoms with E-state index in [9.17, 15) is 0 Å². The Morgan fingerprint density at radius 1 is 0.410 bits per heavy atom. The molecule has 39 heavy (non-hydrogen) atoms. The summed E-state index contributed by atoms with van der Waals surface area (Å²) in [7, 11) is 0. The summed E-state index contributed by atoms with van der Waals surface area (Å²) in [5, 5.41) is 8.37. The molecule has 0 aliphatic rings. The highest BCUT2D eigenvalue weighted by Crippen LogP contribution is 2.45. The first-order valence-electron chi connectivity index (χ1n) is 13.3. The van der Waals surface area contributed by atoms with E-state index in [0.29, 0.717) is 0 Å². The molecule has 6 aromatic carbocycles. The van der Waals surface area contributed by atoms with Crippen LogP contribution in [0.15, 0.2) is 138 Å². The van der Waals surface area contributed by atoms with Gasteiger partial charge in [-0.25, -0.2) is 0 Å². The van der Waals surface area contributed by atoms with E-state index in [0.717, 1.165) is 44.5 Å². The quantitative estimate of drug-likeness (QED) is 0.233. The molecule has 182 valence electrons. The normalized spacial score (nSPS) is 12.1. The Morgan fingerprint density at radius 2 is 1.00 bits per heavy atom. The minimum absolute atomic E-state index is 0.875. The Morgan fingerprint density at radius 3 is 1.79 bits per heavy atom. The van der Waals surface area contributed by atoms with E-state index in [2.05, 4.69) is 143 Å². The summed E-state index contributed by atoms with van der Waals surface area (Å²) >= 11 is 0. The van der Waals surface area contributed by atoms with Crippen molar-refractivity contribution < 1.29 is 4.42 Å². The number of rotatable bonds is 2. The monoisotopic (exact) mass is 498 g/mol. The molecule has 0 radical (unpaired) electrons. The van der Waals surface area contributed by atoms with Gasteiger partial charge in [-0.1, -0.05) is 97.1 Å². The summed E-state index contributed by atoms with van der Waals surface area (Å²) in [6.45, 7) is 0. The van der Waals surface area contributed by atoms with Crippen LogP contribution in [0.4, 0.5) is 0 Å². The number of fused-ring (bicyclic) bond motifs is 11. The Hall–Kier alpha value is -5.28. The lowest BCUT2D eigenvalue weighted by molar-refractivity contribution is 0.647. The first-order chi connectivity index (χ1) is 19.4. The molecule has 9 aromatic rings. The zero-order valence-electron chi connectivity index (χ0n) is 21.0. The van der Waals surface area contributed by atoms with Crippen LogP contribution in [0.25, 0.3) is 76.9 Å². The molecule has 0 N–H and O–H groups in total. The van der Waals surface area contributed by atoms with Crippen LogP contribution in [0, 0.1) is 0 Å². The van der Waals surface area contributed by atoms with E-state index in [-0.39, 0.29) is 0 Å². The van der Waals surface area contributed by atoms with Crippen molar-refractivity contribution in [2.45, 2.75) is 0 Å². The van der Waals surface area contributed by atoms with E-state index >= 15 is 0 Å². The second-order valence-electron chi connectivity index (χ2n) is 10.2. The highest BCUT2D eigenvalue weighted by atomic mass is 16.3. The van der Waals surface area contributed by atoms with Gasteiger partial charge in [-0.05, 0) is 41.8 Å². The molecule has 0 bridgehead atoms. The van der Waals surface area contributed by atoms with E-state index in [4.69, 9.17) is 4.42 Å². The van der Waals surface area contributed by atoms with Crippen LogP contribution < -0.4 is 0 Å². The lowest BCUT2D eigenvalue weighted by Crippen LogP contribution is -1.94. The molecule has 0 aliphatic carbocycles. The fraction of sp³-hybridized carbons (Fsp3) is 0. The molecule has 9 rings (SSSR count). The number of benzene rings is 6. The van der Waals surface area contributed by atoms with Crippen molar-refractivity contribution in [3.8, 4) is 11.4 Å². The molecule has 0 fully saturated rings. The fourth-order valence-corrected chi connectivity index (χ4v) is 6.47. The molecular formula is C36H22N2O. The van der Waals surface area contributed by atoms with Gasteiger partial charge in [0.2, 0.25) is 5.71 Å². The van der Waals surface area contributed by atoms with Crippen LogP contribution in [0.2, 0.25) is 0 Å². The third-order valence-electron chi connectivity index (χ3n) is 8.10. The van der Waals surface area contributed by atoms with Crippen molar-refractivity contribution in [1.82, 2.24) is 9.13 Å². The van der Waals surface area contributed by atoms with Crippen LogP contribution in [0.3, 0.4) is 0 Å². The van der Waals surface area contributed by atoms with Gasteiger partial charge in [0.05, 0.1) is 21.9 Å². The van der Waals surface area contributed by atoms with Crippen LogP contribution in [0.5, 0.6) is 0 Å². The summed E-state index contributed by atoms with van der Waals surface area (Å²) in [4.78, 5) is 0. The second-order valence-corrected chi connectivity index (χ2v) is 10.2. The topological polar surface area (TPSA) is 23.0 Å². The number of hydrogen-bond acceptors (Lipinski definition) is 1. The minimum Gasteiger partial charge on any atom is -0.437 e. The third-order valence-corrected chi connectivity index (χ3v) is 8.10. The highest BCUT2D eigenvalue weighted by Gasteiger charge is 2.24. The average Bonchev–Trinajstić information content (AvgIpc) is 3.65. The molecule has 0 saturated carbocycles. The van der Waals surface area contributed by atoms with Gasteiger partial charge >= 0.3 is 0 Å². The summed E-state index contributed by atoms with van der Waals surface area (Å²) in [6.07, 6.45) is 0. The Bertz CT molecular complexity index is 2370. The maximum absolute atomic E-state index is 6.98. The van der Waals surface area contributed by atoms with Crippen molar-refractivity contribution in [2.24, 2.45) is 0 Å². The largest absolute Gasteiger partial charge is 0.437 e. The predicted molar refractivity (Wildman–Crippen MR) is 162 cm³/mol. The number of para-hydroxylation sites is 3. The maximum atomic E-state index is 6.98. The summed E-state index contributed by atoms with van der Waals surface area (Å²) in [5.74, 6) is 0. The van der Waals surface area contributed by atoms with E-state index in [1.54, 1.807) is 0 Å². The first kappa shape index (κ1) is 20.7. The third kappa shape index (κ3) is 2.71. The predicted octanol–water partition coefficient (Wildman–Crippen LogP) is 9.78. The zero-order chi connectivity index (χ0) is 25.5. The van der Waals surface area contributed by atoms with Gasteiger partial charge in [0.25, 0.3) is 0 Å². The van der Waals surface area contributed by atoms with Crippen molar-refractivity contribution in [1.29, 1.82) is 0 Å². The number of furan rings is 1. The zero-order valence-corrected chi connectivity index (χ0v) is 21.0. The van der Waals surface area contributed by atoms with Crippen LogP contribution in [-0.2, 0) is 0 Å². The number of nitrogens with zero attached hydrogens (tertiary/aromatic N) is 2. The lowest BCUT2D eigenvalue weighted by Gasteiger charge is -2.10. The van der Waals surface area contributed by atoms with Crippen LogP contribution in [0.1, 0.15) is 0 Å². The van der Waals surface area contributed by atoms with Crippen LogP contribution >= 0.6 is 0 Å². The second kappa shape index (κ2) is 7.62. The molecule has 0 atom stereocenters. The van der Waals surface area contributed by atoms with E-state index < -0.39 is 0 Å². The number of hydrogen-bond donors (Lipinski definition) is 0. The first-order valence-corrected chi connectivity index (χ1v) is 13.3. The fourth-order valence-electron chi connectivity index (χ4n) is 6.47. The molecule has 0 spiro atoms. The van der Waals surface area contributed by atoms with Gasteiger partial charge in [-0.15, -0.1) is 0 Å². The van der Waals surface area contributed by atoms with Crippen molar-refractivity contribution in [3.05, 3.63) is 133 Å². The van der Waals surface area contributed by atoms with Gasteiger partial charge < -0.3 is 8.98 Å². The highest BCUT2D eigenvalue weighted by molar-refractivity contribution is 6.28. The molecular weight excluding hydrogens is 476 g/mol. The van der Waals surface area contributed by atoms with Gasteiger partial charge in [0, 0.05) is 38.3 Å². The molecule has 0 saturated heterocycles. The Kier molecular flexibility index (Phi) is 4.05.